The van der Waals surface area contributed by atoms with Crippen molar-refractivity contribution in [2.75, 3.05) is 26.2 Å². The average Bonchev–Trinajstić information content (AvgIpc) is 2.66. The van der Waals surface area contributed by atoms with Crippen LogP contribution in [0.25, 0.3) is 0 Å². The Morgan fingerprint density at radius 2 is 2.33 bits per heavy atom. The van der Waals surface area contributed by atoms with E-state index in [2.05, 4.69) is 10.5 Å². The molecule has 2 rings (SSSR count). The summed E-state index contributed by atoms with van der Waals surface area (Å²) in [6.45, 7) is 5.21. The van der Waals surface area contributed by atoms with E-state index in [1.54, 1.807) is 6.26 Å². The molecule has 82 valence electrons. The zero-order valence-electron chi connectivity index (χ0n) is 8.82. The lowest BCUT2D eigenvalue weighted by atomic mass is 10.1. The van der Waals surface area contributed by atoms with Crippen molar-refractivity contribution in [3.05, 3.63) is 17.5 Å². The first-order valence-electron chi connectivity index (χ1n) is 5.15. The number of carbonyl (C=O) groups excluding carboxylic acids is 1. The second-order valence-electron chi connectivity index (χ2n) is 3.73. The first-order valence-corrected chi connectivity index (χ1v) is 5.15. The fourth-order valence-corrected chi connectivity index (χ4v) is 1.67. The molecule has 5 nitrogen and oxygen atoms in total. The van der Waals surface area contributed by atoms with Crippen LogP contribution >= 0.6 is 0 Å². The Morgan fingerprint density at radius 1 is 1.60 bits per heavy atom. The molecule has 0 aliphatic carbocycles. The van der Waals surface area contributed by atoms with E-state index in [9.17, 15) is 4.79 Å². The number of hydrogen-bond acceptors (Lipinski definition) is 4. The van der Waals surface area contributed by atoms with Gasteiger partial charge in [0.1, 0.15) is 6.26 Å². The highest BCUT2D eigenvalue weighted by Crippen LogP contribution is 2.08. The first kappa shape index (κ1) is 10.2. The number of aromatic nitrogens is 1. The monoisotopic (exact) mass is 209 g/mol. The molecule has 0 saturated carbocycles. The van der Waals surface area contributed by atoms with Gasteiger partial charge < -0.3 is 14.7 Å². The molecule has 2 heterocycles. The van der Waals surface area contributed by atoms with E-state index in [1.165, 1.54) is 0 Å². The predicted octanol–water partition coefficient (Wildman–Crippen LogP) is -0.0427. The molecule has 0 spiro atoms. The van der Waals surface area contributed by atoms with Crippen molar-refractivity contribution in [3.63, 3.8) is 0 Å². The summed E-state index contributed by atoms with van der Waals surface area (Å²) in [7, 11) is 0. The number of piperazine rings is 1. The number of hydrogen-bond donors (Lipinski definition) is 1. The maximum atomic E-state index is 11.8. The Morgan fingerprint density at radius 3 is 2.93 bits per heavy atom. The minimum absolute atomic E-state index is 0.155. The molecule has 0 radical (unpaired) electrons. The lowest BCUT2D eigenvalue weighted by molar-refractivity contribution is -0.131. The van der Waals surface area contributed by atoms with Gasteiger partial charge in [-0.1, -0.05) is 5.16 Å². The number of amides is 1. The van der Waals surface area contributed by atoms with Crippen LogP contribution in [0.5, 0.6) is 0 Å². The number of aryl methyl sites for hydroxylation is 1. The van der Waals surface area contributed by atoms with Gasteiger partial charge in [0.2, 0.25) is 5.91 Å². The van der Waals surface area contributed by atoms with E-state index in [0.717, 1.165) is 37.4 Å². The Kier molecular flexibility index (Phi) is 3.01. The summed E-state index contributed by atoms with van der Waals surface area (Å²) in [5.41, 5.74) is 1.69. The van der Waals surface area contributed by atoms with Crippen molar-refractivity contribution in [2.45, 2.75) is 13.3 Å². The van der Waals surface area contributed by atoms with E-state index < -0.39 is 0 Å². The molecule has 0 unspecified atom stereocenters. The molecule has 1 aliphatic heterocycles. The molecule has 1 N–H and O–H groups in total. The summed E-state index contributed by atoms with van der Waals surface area (Å²) in [5.74, 6) is 0.155. The lowest BCUT2D eigenvalue weighted by Gasteiger charge is -2.27. The van der Waals surface area contributed by atoms with Crippen LogP contribution in [0.15, 0.2) is 10.8 Å². The first-order chi connectivity index (χ1) is 7.27. The SMILES string of the molecule is Cc1nocc1CC(=O)N1CCNCC1. The van der Waals surface area contributed by atoms with Crippen LogP contribution < -0.4 is 5.32 Å². The zero-order valence-corrected chi connectivity index (χ0v) is 8.82. The summed E-state index contributed by atoms with van der Waals surface area (Å²) in [5, 5.41) is 6.97. The summed E-state index contributed by atoms with van der Waals surface area (Å²) in [6, 6.07) is 0. The minimum Gasteiger partial charge on any atom is -0.364 e. The summed E-state index contributed by atoms with van der Waals surface area (Å²) in [6.07, 6.45) is 1.95. The van der Waals surface area contributed by atoms with Crippen molar-refractivity contribution >= 4 is 5.91 Å². The summed E-state index contributed by atoms with van der Waals surface area (Å²) in [4.78, 5) is 13.7. The molecular weight excluding hydrogens is 194 g/mol. The van der Waals surface area contributed by atoms with Gasteiger partial charge in [0, 0.05) is 31.7 Å². The number of rotatable bonds is 2. The minimum atomic E-state index is 0.155. The molecule has 1 fully saturated rings. The molecule has 1 aromatic rings. The van der Waals surface area contributed by atoms with Gasteiger partial charge in [-0.25, -0.2) is 0 Å². The molecule has 1 amide bonds. The van der Waals surface area contributed by atoms with E-state index in [-0.39, 0.29) is 5.91 Å². The van der Waals surface area contributed by atoms with Gasteiger partial charge in [0.05, 0.1) is 12.1 Å². The highest BCUT2D eigenvalue weighted by molar-refractivity contribution is 5.79. The van der Waals surface area contributed by atoms with Crippen molar-refractivity contribution in [2.24, 2.45) is 0 Å². The summed E-state index contributed by atoms with van der Waals surface area (Å²) >= 11 is 0. The van der Waals surface area contributed by atoms with Gasteiger partial charge in [-0.2, -0.15) is 0 Å². The van der Waals surface area contributed by atoms with Gasteiger partial charge in [-0.3, -0.25) is 4.79 Å². The van der Waals surface area contributed by atoms with Gasteiger partial charge in [0.15, 0.2) is 0 Å². The quantitative estimate of drug-likeness (QED) is 0.742. The molecule has 0 atom stereocenters. The normalized spacial score (nSPS) is 16.7. The molecule has 5 heteroatoms. The molecule has 0 aromatic carbocycles. The van der Waals surface area contributed by atoms with Crippen LogP contribution in [0.4, 0.5) is 0 Å². The van der Waals surface area contributed by atoms with E-state index >= 15 is 0 Å². The van der Waals surface area contributed by atoms with Crippen LogP contribution in [-0.4, -0.2) is 42.1 Å². The van der Waals surface area contributed by atoms with Crippen LogP contribution in [0, 0.1) is 6.92 Å². The predicted molar refractivity (Wildman–Crippen MR) is 54.4 cm³/mol. The fourth-order valence-electron chi connectivity index (χ4n) is 1.67. The van der Waals surface area contributed by atoms with Crippen molar-refractivity contribution in [1.82, 2.24) is 15.4 Å². The van der Waals surface area contributed by atoms with Gasteiger partial charge in [-0.05, 0) is 6.92 Å². The third-order valence-corrected chi connectivity index (χ3v) is 2.66. The number of nitrogens with one attached hydrogen (secondary N) is 1. The largest absolute Gasteiger partial charge is 0.364 e. The third kappa shape index (κ3) is 2.36. The van der Waals surface area contributed by atoms with Crippen LogP contribution in [-0.2, 0) is 11.2 Å². The molecule has 0 bridgehead atoms. The second-order valence-corrected chi connectivity index (χ2v) is 3.73. The second kappa shape index (κ2) is 4.44. The lowest BCUT2D eigenvalue weighted by Crippen LogP contribution is -2.46. The van der Waals surface area contributed by atoms with Crippen molar-refractivity contribution in [1.29, 1.82) is 0 Å². The molecule has 1 aliphatic rings. The highest BCUT2D eigenvalue weighted by Gasteiger charge is 2.17. The van der Waals surface area contributed by atoms with Crippen molar-refractivity contribution in [3.8, 4) is 0 Å². The van der Waals surface area contributed by atoms with E-state index in [4.69, 9.17) is 4.52 Å². The standard InChI is InChI=1S/C10H15N3O2/c1-8-9(7-15-12-8)6-10(14)13-4-2-11-3-5-13/h7,11H,2-6H2,1H3. The third-order valence-electron chi connectivity index (χ3n) is 2.66. The van der Waals surface area contributed by atoms with Gasteiger partial charge in [0.25, 0.3) is 0 Å². The molecular formula is C10H15N3O2. The Balaban J connectivity index is 1.94. The maximum absolute atomic E-state index is 11.8. The Hall–Kier alpha value is -1.36. The molecule has 1 aromatic heterocycles. The van der Waals surface area contributed by atoms with Gasteiger partial charge in [-0.15, -0.1) is 0 Å². The summed E-state index contributed by atoms with van der Waals surface area (Å²) < 4.78 is 4.80. The fraction of sp³-hybridized carbons (Fsp3) is 0.600. The molecule has 15 heavy (non-hydrogen) atoms. The maximum Gasteiger partial charge on any atom is 0.227 e. The smallest absolute Gasteiger partial charge is 0.227 e. The average molecular weight is 209 g/mol. The number of nitrogens with zero attached hydrogens (tertiary/aromatic N) is 2. The number of carbonyl (C=O) groups is 1. The van der Waals surface area contributed by atoms with Crippen LogP contribution in [0.3, 0.4) is 0 Å². The van der Waals surface area contributed by atoms with Crippen LogP contribution in [0.2, 0.25) is 0 Å². The highest BCUT2D eigenvalue weighted by atomic mass is 16.5. The Labute approximate surface area is 88.4 Å². The molecule has 1 saturated heterocycles. The van der Waals surface area contributed by atoms with E-state index in [0.29, 0.717) is 6.42 Å². The van der Waals surface area contributed by atoms with E-state index in [1.807, 2.05) is 11.8 Å². The Bertz CT molecular complexity index is 342. The van der Waals surface area contributed by atoms with Crippen LogP contribution in [0.1, 0.15) is 11.3 Å². The van der Waals surface area contributed by atoms with Crippen molar-refractivity contribution < 1.29 is 9.32 Å². The topological polar surface area (TPSA) is 58.4 Å². The zero-order chi connectivity index (χ0) is 10.7. The van der Waals surface area contributed by atoms with Gasteiger partial charge >= 0.3 is 0 Å².